The zero-order valence-electron chi connectivity index (χ0n) is 72.4. The Morgan fingerprint density at radius 2 is 0.659 bits per heavy atom. The number of ether oxygens (including phenoxy) is 19. The molecule has 34 nitrogen and oxygen atoms in total. The zero-order chi connectivity index (χ0) is 93.2. The maximum atomic E-state index is 12.7. The van der Waals surface area contributed by atoms with Gasteiger partial charge in [-0.1, -0.05) is 18.2 Å². The molecular formula is C92H96O34. The van der Waals surface area contributed by atoms with Crippen LogP contribution < -0.4 is 101 Å². The first-order chi connectivity index (χ1) is 60.4. The van der Waals surface area contributed by atoms with Crippen molar-refractivity contribution in [2.75, 3.05) is 128 Å². The van der Waals surface area contributed by atoms with Crippen molar-refractivity contribution in [1.82, 2.24) is 0 Å². The van der Waals surface area contributed by atoms with Gasteiger partial charge < -0.3 is 135 Å². The Balaban J connectivity index is 0.000000231. The number of phenolic OH excluding ortho intramolecular Hbond substituents is 7. The molecular weight excluding hydrogens is 1650 g/mol. The summed E-state index contributed by atoms with van der Waals surface area (Å²) < 4.78 is 109. The van der Waals surface area contributed by atoms with Crippen molar-refractivity contribution in [1.29, 1.82) is 0 Å². The van der Waals surface area contributed by atoms with E-state index in [1.807, 2.05) is 24.3 Å². The number of fused-ring (bicyclic) bond motifs is 2. The van der Waals surface area contributed by atoms with Crippen LogP contribution in [-0.2, 0) is 4.79 Å². The Labute approximate surface area is 722 Å². The van der Waals surface area contributed by atoms with Crippen molar-refractivity contribution in [3.63, 3.8) is 0 Å². The molecule has 0 bridgehead atoms. The first-order valence-electron chi connectivity index (χ1n) is 36.8. The highest BCUT2D eigenvalue weighted by Gasteiger charge is 2.27. The number of ketones is 2. The minimum absolute atomic E-state index is 0.00455. The largest absolute Gasteiger partial charge is 0.508 e. The first-order valence-corrected chi connectivity index (χ1v) is 36.8. The minimum atomic E-state index is -0.771. The van der Waals surface area contributed by atoms with Gasteiger partial charge in [-0.3, -0.25) is 28.8 Å². The third-order valence-electron chi connectivity index (χ3n) is 17.6. The molecule has 0 atom stereocenters. The molecule has 0 amide bonds. The normalized spacial score (nSPS) is 10.1. The average Bonchev–Trinajstić information content (AvgIpc) is 0.764. The van der Waals surface area contributed by atoms with E-state index in [1.54, 1.807) is 106 Å². The molecule has 126 heavy (non-hydrogen) atoms. The van der Waals surface area contributed by atoms with Crippen LogP contribution in [0.1, 0.15) is 50.5 Å². The lowest BCUT2D eigenvalue weighted by molar-refractivity contribution is -0.131. The van der Waals surface area contributed by atoms with E-state index in [0.717, 1.165) is 46.8 Å². The summed E-state index contributed by atoms with van der Waals surface area (Å²) in [5.41, 5.74) is 2.37. The van der Waals surface area contributed by atoms with Gasteiger partial charge in [0.05, 0.1) is 128 Å². The van der Waals surface area contributed by atoms with Crippen molar-refractivity contribution < 1.29 is 154 Å². The standard InChI is InChI=1S/C19H18O6.C19H20O6.C15H10O6.2C11H14O5.C9H12O4.C8H8O2/c1-21-12-7-5-11(6-8-12)14-9-13(20)17-15(25-14)10-16(22-2)18(23-3)19(17)24-4;1-22-13-8-5-12(6-9-13)7-10-14(20)17-15(21)11-16(23-2)18(24-3)19(17)25-4;16-8-3-1-7(2-4-8)11-5-9(17)13-12(21-11)6-10(18)14(19)15(13)20;1-7(12)16-8-5-9(13-2)11(15-4)10(6-8)14-3;1-6(12)9-7(13)5-8(14-2)10(15-3)11(9)16-4;1-11-7-4-6(10)5-8(12-2)9(7)13-3;1-10-8-4-2-7(6-9)3-5-8/h5-10H,1-4H3;5-11,21H,1-4H3;1-6,16,18-20H;5-6H,1-4H3;5,13H,1-4H3;4-5,10H,1-3H3;2-6H,1H3/b;10-7+;;;;;. The maximum absolute atomic E-state index is 12.7. The molecule has 0 saturated carbocycles. The van der Waals surface area contributed by atoms with Gasteiger partial charge in [-0.15, -0.1) is 0 Å². The lowest BCUT2D eigenvalue weighted by Crippen LogP contribution is -2.05. The van der Waals surface area contributed by atoms with Crippen molar-refractivity contribution >= 4 is 51.8 Å². The molecule has 34 heteroatoms. The Hall–Kier alpha value is -16.2. The van der Waals surface area contributed by atoms with Crippen LogP contribution >= 0.6 is 0 Å². The average molecular weight is 1750 g/mol. The second-order valence-corrected chi connectivity index (χ2v) is 25.0. The number of hydrogen-bond acceptors (Lipinski definition) is 34. The van der Waals surface area contributed by atoms with Gasteiger partial charge in [0.2, 0.25) is 34.5 Å². The molecule has 0 aliphatic carbocycles. The molecule has 0 spiro atoms. The molecule has 12 aromatic rings. The summed E-state index contributed by atoms with van der Waals surface area (Å²) in [5, 5.41) is 67.1. The lowest BCUT2D eigenvalue weighted by Gasteiger charge is -2.15. The Morgan fingerprint density at radius 3 is 1.05 bits per heavy atom. The molecule has 10 aromatic carbocycles. The van der Waals surface area contributed by atoms with Crippen LogP contribution in [0.5, 0.6) is 149 Å². The number of phenols is 7. The van der Waals surface area contributed by atoms with Crippen molar-refractivity contribution in [3.05, 3.63) is 207 Å². The number of allylic oxidation sites excluding steroid dienone is 1. The van der Waals surface area contributed by atoms with Gasteiger partial charge in [-0.2, -0.15) is 0 Å². The smallest absolute Gasteiger partial charge is 0.308 e. The van der Waals surface area contributed by atoms with Crippen LogP contribution in [0, 0.1) is 0 Å². The highest BCUT2D eigenvalue weighted by atomic mass is 16.6. The number of carbonyl (C=O) groups is 4. The van der Waals surface area contributed by atoms with E-state index in [-0.39, 0.29) is 96.6 Å². The second-order valence-electron chi connectivity index (χ2n) is 25.0. The number of methoxy groups -OCH3 is 18. The molecule has 0 fully saturated rings. The third kappa shape index (κ3) is 24.8. The maximum Gasteiger partial charge on any atom is 0.308 e. The van der Waals surface area contributed by atoms with Gasteiger partial charge in [0.15, 0.2) is 91.4 Å². The number of carbonyl (C=O) groups excluding carboxylic acids is 4. The molecule has 0 radical (unpaired) electrons. The molecule has 2 heterocycles. The SMILES string of the molecule is COc1cc(O)c(C(C)=O)c(OC)c1OC.COc1cc(O)cc(OC)c1OC.COc1cc(OC(C)=O)cc(OC)c1OC.COc1ccc(-c2cc(=O)c3c(OC)c(OC)c(OC)cc3o2)cc1.COc1ccc(/C=C/C(=O)c2c(O)cc(OC)c(OC)c2OC)cc1.COc1ccc(C=O)cc1.O=c1cc(-c2ccc(O)cc2)oc2cc(O)c(O)c(O)c12. The summed E-state index contributed by atoms with van der Waals surface area (Å²) in [6.45, 7) is 2.66. The van der Waals surface area contributed by atoms with Crippen LogP contribution in [0.3, 0.4) is 0 Å². The molecule has 2 aromatic heterocycles. The zero-order valence-corrected chi connectivity index (χ0v) is 72.4. The number of benzene rings is 10. The number of hydrogen-bond donors (Lipinski definition) is 7. The molecule has 0 aliphatic heterocycles. The third-order valence-corrected chi connectivity index (χ3v) is 17.6. The predicted octanol–water partition coefficient (Wildman–Crippen LogP) is 15.3. The monoisotopic (exact) mass is 1740 g/mol. The summed E-state index contributed by atoms with van der Waals surface area (Å²) >= 11 is 0. The van der Waals surface area contributed by atoms with E-state index in [9.17, 15) is 64.5 Å². The molecule has 0 aliphatic rings. The van der Waals surface area contributed by atoms with Crippen molar-refractivity contribution in [2.45, 2.75) is 13.8 Å². The minimum Gasteiger partial charge on any atom is -0.508 e. The topological polar surface area (TPSA) is 446 Å². The molecule has 668 valence electrons. The lowest BCUT2D eigenvalue weighted by atomic mass is 10.0. The summed E-state index contributed by atoms with van der Waals surface area (Å²) in [4.78, 5) is 69.7. The van der Waals surface area contributed by atoms with Crippen LogP contribution in [0.2, 0.25) is 0 Å². The van der Waals surface area contributed by atoms with Crippen LogP contribution in [0.15, 0.2) is 182 Å². The van der Waals surface area contributed by atoms with Gasteiger partial charge in [0.1, 0.15) is 96.9 Å². The highest BCUT2D eigenvalue weighted by Crippen LogP contribution is 2.49. The molecule has 7 N–H and O–H groups in total. The summed E-state index contributed by atoms with van der Waals surface area (Å²) in [6, 6.07) is 41.3. The van der Waals surface area contributed by atoms with Gasteiger partial charge >= 0.3 is 5.97 Å². The predicted molar refractivity (Wildman–Crippen MR) is 464 cm³/mol. The first kappa shape index (κ1) is 98.7. The van der Waals surface area contributed by atoms with Gasteiger partial charge in [0, 0.05) is 84.3 Å². The number of rotatable bonds is 26. The van der Waals surface area contributed by atoms with E-state index in [4.69, 9.17) is 98.8 Å². The Bertz CT molecular complexity index is 5810. The van der Waals surface area contributed by atoms with Crippen molar-refractivity contribution in [2.24, 2.45) is 0 Å². The summed E-state index contributed by atoms with van der Waals surface area (Å²) in [5.74, 6) is 4.83. The number of Topliss-reactive ketones (excluding diaryl/α,β-unsaturated/α-hetero) is 1. The van der Waals surface area contributed by atoms with Crippen LogP contribution in [0.25, 0.3) is 50.7 Å². The second kappa shape index (κ2) is 47.7. The quantitative estimate of drug-likeness (QED) is 0.00661. The molecule has 0 unspecified atom stereocenters. The Kier molecular flexibility index (Phi) is 37.4. The van der Waals surface area contributed by atoms with Gasteiger partial charge in [-0.05, 0) is 103 Å². The fourth-order valence-corrected chi connectivity index (χ4v) is 11.6. The van der Waals surface area contributed by atoms with Crippen LogP contribution in [-0.4, -0.2) is 188 Å². The summed E-state index contributed by atoms with van der Waals surface area (Å²) in [7, 11) is 26.7. The number of aldehydes is 1. The fraction of sp³-hybridized carbons (Fsp3) is 0.217. The van der Waals surface area contributed by atoms with Crippen molar-refractivity contribution in [3.8, 4) is 172 Å². The van der Waals surface area contributed by atoms with E-state index in [2.05, 4.69) is 0 Å². The highest BCUT2D eigenvalue weighted by molar-refractivity contribution is 6.11. The van der Waals surface area contributed by atoms with Crippen LogP contribution in [0.4, 0.5) is 0 Å². The number of aromatic hydroxyl groups is 7. The van der Waals surface area contributed by atoms with E-state index in [1.165, 1.54) is 169 Å². The Morgan fingerprint density at radius 1 is 0.310 bits per heavy atom. The molecule has 12 rings (SSSR count). The number of esters is 1. The van der Waals surface area contributed by atoms with E-state index in [0.29, 0.717) is 85.4 Å². The van der Waals surface area contributed by atoms with E-state index >= 15 is 0 Å². The van der Waals surface area contributed by atoms with E-state index < -0.39 is 34.4 Å². The summed E-state index contributed by atoms with van der Waals surface area (Å²) in [6.07, 6.45) is 3.79. The van der Waals surface area contributed by atoms with Gasteiger partial charge in [-0.25, -0.2) is 0 Å². The van der Waals surface area contributed by atoms with Gasteiger partial charge in [0.25, 0.3) is 0 Å². The fourth-order valence-electron chi connectivity index (χ4n) is 11.6. The molecule has 0 saturated heterocycles.